The van der Waals surface area contributed by atoms with Crippen molar-refractivity contribution in [3.63, 3.8) is 0 Å². The van der Waals surface area contributed by atoms with E-state index in [1.165, 1.54) is 7.05 Å². The van der Waals surface area contributed by atoms with E-state index >= 15 is 0 Å². The third kappa shape index (κ3) is 4.52. The number of benzene rings is 3. The number of anilines is 2. The summed E-state index contributed by atoms with van der Waals surface area (Å²) in [6.07, 6.45) is -0.558. The van der Waals surface area contributed by atoms with Crippen LogP contribution in [0, 0.1) is 0 Å². The molecule has 9 nitrogen and oxygen atoms in total. The van der Waals surface area contributed by atoms with Gasteiger partial charge < -0.3 is 33.9 Å². The average Bonchev–Trinajstić information content (AvgIpc) is 2.91. The lowest BCUT2D eigenvalue weighted by Crippen LogP contribution is -2.28. The van der Waals surface area contributed by atoms with Crippen molar-refractivity contribution in [1.29, 1.82) is 0 Å². The molecule has 0 aliphatic carbocycles. The molecule has 0 radical (unpaired) electrons. The molecule has 1 N–H and O–H groups in total. The van der Waals surface area contributed by atoms with Crippen LogP contribution >= 0.6 is 0 Å². The largest absolute Gasteiger partial charge is 0.493 e. The summed E-state index contributed by atoms with van der Waals surface area (Å²) in [6.45, 7) is -0.0771. The molecule has 35 heavy (non-hydrogen) atoms. The lowest BCUT2D eigenvalue weighted by Gasteiger charge is -2.28. The van der Waals surface area contributed by atoms with Gasteiger partial charge in [-0.05, 0) is 24.3 Å². The number of ether oxygens (including phenoxy) is 5. The topological polar surface area (TPSA) is 91.4 Å². The number of nitrogens with one attached hydrogen (secondary N) is 1. The van der Waals surface area contributed by atoms with Gasteiger partial charge in [0, 0.05) is 35.6 Å². The normalized spacial score (nSPS) is 10.7. The van der Waals surface area contributed by atoms with Gasteiger partial charge in [0.15, 0.2) is 29.7 Å². The number of pyridine rings is 1. The molecule has 0 bridgehead atoms. The number of nitrogens with zero attached hydrogens (tertiary/aromatic N) is 2. The van der Waals surface area contributed by atoms with Gasteiger partial charge in [0.05, 0.1) is 45.2 Å². The van der Waals surface area contributed by atoms with E-state index in [-0.39, 0.29) is 6.73 Å². The van der Waals surface area contributed by atoms with Crippen LogP contribution in [-0.4, -0.2) is 53.3 Å². The summed E-state index contributed by atoms with van der Waals surface area (Å²) in [5, 5.41) is 4.08. The van der Waals surface area contributed by atoms with Gasteiger partial charge in [-0.2, -0.15) is 0 Å². The SMILES string of the molecule is CNC(=O)OCN(c1ccccc1)c1c(OC)c(OC)cc2nc3cc(OC)c(OC)cc3cc12. The van der Waals surface area contributed by atoms with Crippen LogP contribution in [0.5, 0.6) is 23.0 Å². The van der Waals surface area contributed by atoms with E-state index in [1.54, 1.807) is 28.4 Å². The number of amides is 1. The summed E-state index contributed by atoms with van der Waals surface area (Å²) in [4.78, 5) is 18.7. The Kier molecular flexibility index (Phi) is 6.96. The standard InChI is InChI=1S/C26H27N3O6/c1-27-26(30)35-15-29(17-9-7-6-8-10-17)24-18-11-16-12-21(31-2)22(32-3)13-19(16)28-20(18)14-23(33-4)25(24)34-5/h6-14H,15H2,1-5H3,(H,27,30). The molecule has 4 rings (SSSR count). The second-order valence-electron chi connectivity index (χ2n) is 7.49. The van der Waals surface area contributed by atoms with Crippen LogP contribution in [0.3, 0.4) is 0 Å². The van der Waals surface area contributed by atoms with Crippen molar-refractivity contribution in [2.45, 2.75) is 0 Å². The number of hydrogen-bond donors (Lipinski definition) is 1. The molecule has 0 spiro atoms. The molecule has 1 heterocycles. The van der Waals surface area contributed by atoms with Gasteiger partial charge in [-0.1, -0.05) is 18.2 Å². The minimum Gasteiger partial charge on any atom is -0.493 e. The minimum absolute atomic E-state index is 0.0771. The molecular weight excluding hydrogens is 450 g/mol. The smallest absolute Gasteiger partial charge is 0.408 e. The highest BCUT2D eigenvalue weighted by molar-refractivity contribution is 6.05. The highest BCUT2D eigenvalue weighted by Crippen LogP contribution is 2.47. The second-order valence-corrected chi connectivity index (χ2v) is 7.49. The number of alkyl carbamates (subject to hydrolysis) is 1. The van der Waals surface area contributed by atoms with Crippen LogP contribution in [-0.2, 0) is 4.74 Å². The summed E-state index contributed by atoms with van der Waals surface area (Å²) < 4.78 is 27.9. The molecule has 0 aliphatic rings. The van der Waals surface area contributed by atoms with Gasteiger partial charge >= 0.3 is 6.09 Å². The predicted molar refractivity (Wildman–Crippen MR) is 134 cm³/mol. The molecule has 1 amide bonds. The number of rotatable bonds is 8. The zero-order chi connectivity index (χ0) is 24.9. The predicted octanol–water partition coefficient (Wildman–Crippen LogP) is 4.87. The van der Waals surface area contributed by atoms with Crippen LogP contribution in [0.2, 0.25) is 0 Å². The molecule has 0 saturated heterocycles. The zero-order valence-electron chi connectivity index (χ0n) is 20.2. The lowest BCUT2D eigenvalue weighted by atomic mass is 10.1. The van der Waals surface area contributed by atoms with Crippen LogP contribution in [0.1, 0.15) is 0 Å². The monoisotopic (exact) mass is 477 g/mol. The molecule has 182 valence electrons. The maximum absolute atomic E-state index is 12.0. The Hall–Kier alpha value is -4.40. The van der Waals surface area contributed by atoms with Gasteiger partial charge in [0.1, 0.15) is 0 Å². The van der Waals surface area contributed by atoms with Crippen LogP contribution in [0.15, 0.2) is 54.6 Å². The van der Waals surface area contributed by atoms with Crippen LogP contribution in [0.4, 0.5) is 16.2 Å². The van der Waals surface area contributed by atoms with E-state index in [2.05, 4.69) is 5.32 Å². The second kappa shape index (κ2) is 10.3. The Morgan fingerprint density at radius 3 is 2.14 bits per heavy atom. The van der Waals surface area contributed by atoms with Crippen molar-refractivity contribution in [3.8, 4) is 23.0 Å². The van der Waals surface area contributed by atoms with E-state index in [9.17, 15) is 4.79 Å². The van der Waals surface area contributed by atoms with Gasteiger partial charge in [0.25, 0.3) is 0 Å². The van der Waals surface area contributed by atoms with Crippen molar-refractivity contribution < 1.29 is 28.5 Å². The molecule has 0 saturated carbocycles. The fourth-order valence-electron chi connectivity index (χ4n) is 3.93. The first-order chi connectivity index (χ1) is 17.0. The lowest BCUT2D eigenvalue weighted by molar-refractivity contribution is 0.151. The molecule has 4 aromatic rings. The Morgan fingerprint density at radius 2 is 1.51 bits per heavy atom. The summed E-state index contributed by atoms with van der Waals surface area (Å²) >= 11 is 0. The number of aromatic nitrogens is 1. The van der Waals surface area contributed by atoms with E-state index in [4.69, 9.17) is 28.7 Å². The number of fused-ring (bicyclic) bond motifs is 2. The molecule has 0 aliphatic heterocycles. The molecule has 9 heteroatoms. The maximum atomic E-state index is 12.0. The number of para-hydroxylation sites is 1. The van der Waals surface area contributed by atoms with E-state index in [0.717, 1.165) is 22.0 Å². The fourth-order valence-corrected chi connectivity index (χ4v) is 3.93. The van der Waals surface area contributed by atoms with E-state index in [0.29, 0.717) is 34.2 Å². The minimum atomic E-state index is -0.558. The van der Waals surface area contributed by atoms with Gasteiger partial charge in [-0.15, -0.1) is 0 Å². The first-order valence-corrected chi connectivity index (χ1v) is 10.8. The molecular formula is C26H27N3O6. The Labute approximate surface area is 203 Å². The summed E-state index contributed by atoms with van der Waals surface area (Å²) in [6, 6.07) is 17.1. The van der Waals surface area contributed by atoms with Crippen LogP contribution < -0.4 is 29.2 Å². The van der Waals surface area contributed by atoms with Gasteiger partial charge in [0.2, 0.25) is 0 Å². The molecule has 0 fully saturated rings. The fraction of sp³-hybridized carbons (Fsp3) is 0.231. The molecule has 0 atom stereocenters. The number of methoxy groups -OCH3 is 4. The Bertz CT molecular complexity index is 1360. The van der Waals surface area contributed by atoms with Crippen molar-refractivity contribution in [3.05, 3.63) is 54.6 Å². The van der Waals surface area contributed by atoms with Crippen molar-refractivity contribution in [2.24, 2.45) is 0 Å². The zero-order valence-corrected chi connectivity index (χ0v) is 20.2. The van der Waals surface area contributed by atoms with Crippen LogP contribution in [0.25, 0.3) is 21.8 Å². The number of hydrogen-bond acceptors (Lipinski definition) is 8. The number of carbonyl (C=O) groups excluding carboxylic acids is 1. The summed E-state index contributed by atoms with van der Waals surface area (Å²) in [7, 11) is 7.81. The van der Waals surface area contributed by atoms with E-state index < -0.39 is 6.09 Å². The van der Waals surface area contributed by atoms with E-state index in [1.807, 2.05) is 59.5 Å². The molecule has 3 aromatic carbocycles. The maximum Gasteiger partial charge on any atom is 0.408 e. The first kappa shape index (κ1) is 23.7. The summed E-state index contributed by atoms with van der Waals surface area (Å²) in [5.41, 5.74) is 2.82. The summed E-state index contributed by atoms with van der Waals surface area (Å²) in [5.74, 6) is 2.14. The third-order valence-corrected chi connectivity index (χ3v) is 5.60. The average molecular weight is 478 g/mol. The highest BCUT2D eigenvalue weighted by atomic mass is 16.6. The Balaban J connectivity index is 2.04. The van der Waals surface area contributed by atoms with Crippen molar-refractivity contribution in [2.75, 3.05) is 47.1 Å². The van der Waals surface area contributed by atoms with Gasteiger partial charge in [-0.25, -0.2) is 9.78 Å². The first-order valence-electron chi connectivity index (χ1n) is 10.8. The number of carbonyl (C=O) groups is 1. The third-order valence-electron chi connectivity index (χ3n) is 5.60. The quantitative estimate of drug-likeness (QED) is 0.284. The highest BCUT2D eigenvalue weighted by Gasteiger charge is 2.24. The van der Waals surface area contributed by atoms with Crippen molar-refractivity contribution in [1.82, 2.24) is 10.3 Å². The molecule has 0 unspecified atom stereocenters. The Morgan fingerprint density at radius 1 is 0.857 bits per heavy atom. The molecule has 1 aromatic heterocycles. The van der Waals surface area contributed by atoms with Gasteiger partial charge in [-0.3, -0.25) is 0 Å². The van der Waals surface area contributed by atoms with Crippen molar-refractivity contribution >= 4 is 39.3 Å².